The molecule has 0 aliphatic rings. The lowest BCUT2D eigenvalue weighted by Crippen LogP contribution is -2.33. The summed E-state index contributed by atoms with van der Waals surface area (Å²) in [7, 11) is 3.66. The molecule has 2 heterocycles. The van der Waals surface area contributed by atoms with Gasteiger partial charge in [-0.15, -0.1) is 12.4 Å². The Morgan fingerprint density at radius 1 is 1.45 bits per heavy atom. The maximum absolute atomic E-state index is 12.7. The molecule has 22 heavy (non-hydrogen) atoms. The number of pyridine rings is 1. The van der Waals surface area contributed by atoms with E-state index in [2.05, 4.69) is 15.5 Å². The van der Waals surface area contributed by atoms with Gasteiger partial charge < -0.3 is 14.7 Å². The van der Waals surface area contributed by atoms with Gasteiger partial charge in [0.15, 0.2) is 0 Å². The minimum atomic E-state index is -0.0362. The summed E-state index contributed by atoms with van der Waals surface area (Å²) < 4.78 is 5.30. The smallest absolute Gasteiger partial charge is 0.259 e. The van der Waals surface area contributed by atoms with E-state index < -0.39 is 0 Å². The Balaban J connectivity index is 0.00000242. The molecular formula is C15H23ClN4O2. The number of amides is 1. The summed E-state index contributed by atoms with van der Waals surface area (Å²) in [5.41, 5.74) is 2.58. The molecule has 0 fully saturated rings. The van der Waals surface area contributed by atoms with Crippen molar-refractivity contribution < 1.29 is 9.32 Å². The van der Waals surface area contributed by atoms with E-state index in [0.717, 1.165) is 23.3 Å². The van der Waals surface area contributed by atoms with Gasteiger partial charge in [-0.2, -0.15) is 0 Å². The Hall–Kier alpha value is -1.66. The lowest BCUT2D eigenvalue weighted by Gasteiger charge is -2.17. The quantitative estimate of drug-likeness (QED) is 0.913. The number of carbonyl (C=O) groups excluding carboxylic acids is 1. The number of likely N-dealkylation sites (N-methyl/N-ethyl adjacent to an activating group) is 2. The van der Waals surface area contributed by atoms with E-state index in [0.29, 0.717) is 17.8 Å². The van der Waals surface area contributed by atoms with Crippen LogP contribution in [-0.4, -0.2) is 48.1 Å². The van der Waals surface area contributed by atoms with E-state index in [9.17, 15) is 4.79 Å². The van der Waals surface area contributed by atoms with E-state index in [4.69, 9.17) is 4.52 Å². The molecule has 0 radical (unpaired) electrons. The number of nitrogens with zero attached hydrogens (tertiary/aromatic N) is 3. The van der Waals surface area contributed by atoms with Crippen LogP contribution in [0.1, 0.15) is 41.5 Å². The average molecular weight is 327 g/mol. The van der Waals surface area contributed by atoms with Crippen LogP contribution < -0.4 is 5.32 Å². The summed E-state index contributed by atoms with van der Waals surface area (Å²) in [5.74, 6) is 0.135. The van der Waals surface area contributed by atoms with Gasteiger partial charge in [-0.3, -0.25) is 4.79 Å². The summed E-state index contributed by atoms with van der Waals surface area (Å²) >= 11 is 0. The number of hydrogen-bond acceptors (Lipinski definition) is 5. The van der Waals surface area contributed by atoms with Crippen LogP contribution in [0.2, 0.25) is 0 Å². The normalized spacial score (nSPS) is 10.8. The number of nitrogens with one attached hydrogen (secondary N) is 1. The molecule has 0 aromatic carbocycles. The average Bonchev–Trinajstić information content (AvgIpc) is 2.86. The Labute approximate surface area is 136 Å². The second-order valence-corrected chi connectivity index (χ2v) is 5.54. The van der Waals surface area contributed by atoms with Crippen LogP contribution in [0.3, 0.4) is 0 Å². The summed E-state index contributed by atoms with van der Waals surface area (Å²) in [6.07, 6.45) is 0. The number of halogens is 1. The molecule has 0 atom stereocenters. The van der Waals surface area contributed by atoms with Crippen LogP contribution in [0.5, 0.6) is 0 Å². The van der Waals surface area contributed by atoms with Crippen LogP contribution in [-0.2, 0) is 0 Å². The highest BCUT2D eigenvalue weighted by atomic mass is 35.5. The number of rotatable bonds is 5. The van der Waals surface area contributed by atoms with Crippen LogP contribution in [0.25, 0.3) is 11.1 Å². The van der Waals surface area contributed by atoms with Crippen LogP contribution >= 0.6 is 12.4 Å². The number of aryl methyl sites for hydroxylation is 1. The maximum Gasteiger partial charge on any atom is 0.259 e. The molecule has 2 rings (SSSR count). The Morgan fingerprint density at radius 3 is 2.73 bits per heavy atom. The molecular weight excluding hydrogens is 304 g/mol. The maximum atomic E-state index is 12.7. The third-order valence-corrected chi connectivity index (χ3v) is 3.42. The molecule has 1 N–H and O–H groups in total. The van der Waals surface area contributed by atoms with Crippen molar-refractivity contribution in [1.29, 1.82) is 0 Å². The van der Waals surface area contributed by atoms with E-state index in [1.165, 1.54) is 0 Å². The Bertz CT molecular complexity index is 654. The largest absolute Gasteiger partial charge is 0.340 e. The zero-order valence-corrected chi connectivity index (χ0v) is 14.5. The molecule has 2 aromatic heterocycles. The second-order valence-electron chi connectivity index (χ2n) is 5.54. The fraction of sp³-hybridized carbons (Fsp3) is 0.533. The molecule has 0 aliphatic heterocycles. The Kier molecular flexibility index (Phi) is 6.32. The summed E-state index contributed by atoms with van der Waals surface area (Å²) in [6, 6.07) is 1.81. The molecule has 0 unspecified atom stereocenters. The monoisotopic (exact) mass is 326 g/mol. The first kappa shape index (κ1) is 18.4. The molecule has 0 saturated heterocycles. The lowest BCUT2D eigenvalue weighted by atomic mass is 10.0. The van der Waals surface area contributed by atoms with Gasteiger partial charge in [0.1, 0.15) is 0 Å². The molecule has 0 bridgehead atoms. The summed E-state index contributed by atoms with van der Waals surface area (Å²) in [5, 5.41) is 7.85. The van der Waals surface area contributed by atoms with Gasteiger partial charge >= 0.3 is 0 Å². The number of aromatic nitrogens is 2. The molecule has 1 amide bonds. The van der Waals surface area contributed by atoms with Gasteiger partial charge in [0.2, 0.25) is 0 Å². The first-order valence-corrected chi connectivity index (χ1v) is 7.12. The van der Waals surface area contributed by atoms with Crippen molar-refractivity contribution in [3.63, 3.8) is 0 Å². The van der Waals surface area contributed by atoms with Gasteiger partial charge in [0.25, 0.3) is 11.6 Å². The van der Waals surface area contributed by atoms with Gasteiger partial charge in [-0.1, -0.05) is 19.0 Å². The minimum Gasteiger partial charge on any atom is -0.340 e. The lowest BCUT2D eigenvalue weighted by molar-refractivity contribution is 0.0798. The highest BCUT2D eigenvalue weighted by Crippen LogP contribution is 2.28. The predicted molar refractivity (Wildman–Crippen MR) is 88.8 cm³/mol. The zero-order valence-electron chi connectivity index (χ0n) is 13.6. The van der Waals surface area contributed by atoms with Gasteiger partial charge in [-0.25, -0.2) is 4.98 Å². The topological polar surface area (TPSA) is 71.3 Å². The van der Waals surface area contributed by atoms with Crippen molar-refractivity contribution >= 4 is 29.4 Å². The zero-order chi connectivity index (χ0) is 15.6. The first-order valence-electron chi connectivity index (χ1n) is 7.12. The van der Waals surface area contributed by atoms with Crippen molar-refractivity contribution in [3.05, 3.63) is 23.0 Å². The van der Waals surface area contributed by atoms with Crippen molar-refractivity contribution in [3.8, 4) is 0 Å². The van der Waals surface area contributed by atoms with Crippen LogP contribution in [0.4, 0.5) is 0 Å². The highest BCUT2D eigenvalue weighted by Gasteiger charge is 2.23. The van der Waals surface area contributed by atoms with Gasteiger partial charge in [-0.05, 0) is 26.0 Å². The number of fused-ring (bicyclic) bond motifs is 1. The third-order valence-electron chi connectivity index (χ3n) is 3.42. The van der Waals surface area contributed by atoms with Crippen LogP contribution in [0.15, 0.2) is 10.6 Å². The number of carbonyl (C=O) groups is 1. The Morgan fingerprint density at radius 2 is 2.14 bits per heavy atom. The molecule has 0 aliphatic carbocycles. The van der Waals surface area contributed by atoms with Crippen LogP contribution in [0, 0.1) is 6.92 Å². The van der Waals surface area contributed by atoms with E-state index >= 15 is 0 Å². The van der Waals surface area contributed by atoms with Crippen molar-refractivity contribution in [1.82, 2.24) is 20.4 Å². The van der Waals surface area contributed by atoms with E-state index in [1.807, 2.05) is 33.9 Å². The second kappa shape index (κ2) is 7.56. The predicted octanol–water partition coefficient (Wildman–Crippen LogP) is 2.37. The van der Waals surface area contributed by atoms with Crippen molar-refractivity contribution in [2.24, 2.45) is 0 Å². The molecule has 122 valence electrons. The SMILES string of the molecule is CNCCN(C)C(=O)c1cc(C)nc2onc(C(C)C)c12.Cl. The van der Waals surface area contributed by atoms with E-state index in [-0.39, 0.29) is 24.2 Å². The standard InChI is InChI=1S/C15H22N4O2.ClH/c1-9(2)13-12-11(15(20)19(5)7-6-16-4)8-10(3)17-14(12)21-18-13;/h8-9,16H,6-7H2,1-5H3;1H. The fourth-order valence-electron chi connectivity index (χ4n) is 2.25. The van der Waals surface area contributed by atoms with E-state index in [1.54, 1.807) is 11.9 Å². The van der Waals surface area contributed by atoms with Gasteiger partial charge in [0, 0.05) is 25.8 Å². The van der Waals surface area contributed by atoms with Gasteiger partial charge in [0.05, 0.1) is 16.6 Å². The first-order chi connectivity index (χ1) is 9.95. The van der Waals surface area contributed by atoms with Crippen molar-refractivity contribution in [2.75, 3.05) is 27.2 Å². The fourth-order valence-corrected chi connectivity index (χ4v) is 2.25. The molecule has 2 aromatic rings. The molecule has 0 spiro atoms. The molecule has 6 nitrogen and oxygen atoms in total. The van der Waals surface area contributed by atoms with Crippen molar-refractivity contribution in [2.45, 2.75) is 26.7 Å². The highest BCUT2D eigenvalue weighted by molar-refractivity contribution is 6.06. The molecule has 0 saturated carbocycles. The third kappa shape index (κ3) is 3.56. The summed E-state index contributed by atoms with van der Waals surface area (Å²) in [6.45, 7) is 7.28. The minimum absolute atomic E-state index is 0. The molecule has 7 heteroatoms. The summed E-state index contributed by atoms with van der Waals surface area (Å²) in [4.78, 5) is 18.7. The number of hydrogen-bond donors (Lipinski definition) is 1.